The van der Waals surface area contributed by atoms with Crippen LogP contribution in [0.4, 0.5) is 0 Å². The van der Waals surface area contributed by atoms with Crippen LogP contribution in [0.3, 0.4) is 0 Å². The van der Waals surface area contributed by atoms with Crippen LogP contribution in [0.15, 0.2) is 48.6 Å². The molecule has 0 heterocycles. The van der Waals surface area contributed by atoms with Gasteiger partial charge in [0.2, 0.25) is 0 Å². The molecule has 0 amide bonds. The maximum absolute atomic E-state index is 12.7. The summed E-state index contributed by atoms with van der Waals surface area (Å²) < 4.78 is 34.4. The number of quaternary nitrogens is 1. The zero-order valence-corrected chi connectivity index (χ0v) is 38.9. The quantitative estimate of drug-likeness (QED) is 0.0213. The molecule has 9 nitrogen and oxygen atoms in total. The van der Waals surface area contributed by atoms with Gasteiger partial charge in [0.15, 0.2) is 6.10 Å². The van der Waals surface area contributed by atoms with E-state index in [4.69, 9.17) is 18.5 Å². The molecule has 0 aliphatic carbocycles. The highest BCUT2D eigenvalue weighted by Gasteiger charge is 2.27. The second kappa shape index (κ2) is 40.4. The van der Waals surface area contributed by atoms with Crippen molar-refractivity contribution in [2.75, 3.05) is 47.5 Å². The van der Waals surface area contributed by atoms with Crippen molar-refractivity contribution >= 4 is 19.8 Å². The Kier molecular flexibility index (Phi) is 39.0. The molecule has 0 radical (unpaired) electrons. The smallest absolute Gasteiger partial charge is 0.462 e. The minimum Gasteiger partial charge on any atom is -0.462 e. The maximum Gasteiger partial charge on any atom is 0.472 e. The number of hydrogen-bond acceptors (Lipinski definition) is 7. The minimum atomic E-state index is -4.38. The van der Waals surface area contributed by atoms with Crippen molar-refractivity contribution in [3.8, 4) is 0 Å². The Labute approximate surface area is 356 Å². The number of nitrogens with zero attached hydrogens (tertiary/aromatic N) is 1. The number of phosphoric acid groups is 1. The lowest BCUT2D eigenvalue weighted by molar-refractivity contribution is -0.870. The summed E-state index contributed by atoms with van der Waals surface area (Å²) in [4.78, 5) is 35.4. The van der Waals surface area contributed by atoms with E-state index >= 15 is 0 Å². The van der Waals surface area contributed by atoms with Gasteiger partial charge in [-0.3, -0.25) is 18.6 Å². The van der Waals surface area contributed by atoms with Crippen molar-refractivity contribution in [3.63, 3.8) is 0 Å². The molecule has 0 saturated heterocycles. The molecule has 0 spiro atoms. The molecule has 0 aromatic carbocycles. The van der Waals surface area contributed by atoms with Gasteiger partial charge in [0.05, 0.1) is 27.7 Å². The van der Waals surface area contributed by atoms with Gasteiger partial charge in [0, 0.05) is 12.8 Å². The summed E-state index contributed by atoms with van der Waals surface area (Å²) >= 11 is 0. The second-order valence-corrected chi connectivity index (χ2v) is 18.2. The average Bonchev–Trinajstić information content (AvgIpc) is 3.17. The first-order valence-corrected chi connectivity index (χ1v) is 24.9. The Bertz CT molecular complexity index is 1130. The molecule has 1 N–H and O–H groups in total. The van der Waals surface area contributed by atoms with Crippen molar-refractivity contribution < 1.29 is 42.1 Å². The van der Waals surface area contributed by atoms with Crippen molar-refractivity contribution in [1.29, 1.82) is 0 Å². The van der Waals surface area contributed by atoms with Gasteiger partial charge in [-0.2, -0.15) is 0 Å². The van der Waals surface area contributed by atoms with E-state index in [2.05, 4.69) is 62.5 Å². The van der Waals surface area contributed by atoms with Gasteiger partial charge < -0.3 is 18.9 Å². The summed E-state index contributed by atoms with van der Waals surface area (Å²) in [5.41, 5.74) is 0. The number of allylic oxidation sites excluding steroid dienone is 8. The van der Waals surface area contributed by atoms with Gasteiger partial charge >= 0.3 is 19.8 Å². The van der Waals surface area contributed by atoms with Gasteiger partial charge in [0.1, 0.15) is 19.8 Å². The molecule has 0 saturated carbocycles. The topological polar surface area (TPSA) is 108 Å². The van der Waals surface area contributed by atoms with Gasteiger partial charge in [-0.05, 0) is 77.0 Å². The van der Waals surface area contributed by atoms with Crippen LogP contribution >= 0.6 is 7.82 Å². The van der Waals surface area contributed by atoms with E-state index < -0.39 is 26.5 Å². The number of phosphoric ester groups is 1. The molecule has 0 aliphatic rings. The van der Waals surface area contributed by atoms with E-state index in [-0.39, 0.29) is 32.0 Å². The maximum atomic E-state index is 12.7. The fourth-order valence-electron chi connectivity index (χ4n) is 6.13. The van der Waals surface area contributed by atoms with E-state index in [9.17, 15) is 19.0 Å². The second-order valence-electron chi connectivity index (χ2n) is 16.8. The van der Waals surface area contributed by atoms with Gasteiger partial charge in [0.25, 0.3) is 0 Å². The van der Waals surface area contributed by atoms with Gasteiger partial charge in [-0.1, -0.05) is 152 Å². The lowest BCUT2D eigenvalue weighted by Gasteiger charge is -2.24. The Morgan fingerprint density at radius 1 is 0.534 bits per heavy atom. The Morgan fingerprint density at radius 3 is 1.36 bits per heavy atom. The number of unbranched alkanes of at least 4 members (excludes halogenated alkanes) is 20. The fourth-order valence-corrected chi connectivity index (χ4v) is 6.87. The number of ether oxygens (including phenoxy) is 2. The number of hydrogen-bond donors (Lipinski definition) is 1. The fraction of sp³-hybridized carbons (Fsp3) is 0.792. The molecule has 10 heteroatoms. The summed E-state index contributed by atoms with van der Waals surface area (Å²) in [6, 6.07) is 0. The number of esters is 2. The minimum absolute atomic E-state index is 0.0274. The van der Waals surface area contributed by atoms with E-state index in [1.54, 1.807) is 0 Å². The summed E-state index contributed by atoms with van der Waals surface area (Å²) in [5, 5.41) is 0. The van der Waals surface area contributed by atoms with Crippen molar-refractivity contribution in [2.45, 2.75) is 200 Å². The molecule has 2 atom stereocenters. The highest BCUT2D eigenvalue weighted by atomic mass is 31.2. The first-order valence-electron chi connectivity index (χ1n) is 23.4. The van der Waals surface area contributed by atoms with Crippen molar-refractivity contribution in [1.82, 2.24) is 0 Å². The summed E-state index contributed by atoms with van der Waals surface area (Å²) in [5.74, 6) is -0.816. The molecular formula is C48H89NO8P+. The Balaban J connectivity index is 4.35. The van der Waals surface area contributed by atoms with Crippen LogP contribution in [0.5, 0.6) is 0 Å². The molecule has 0 bridgehead atoms. The Morgan fingerprint density at radius 2 is 0.931 bits per heavy atom. The average molecular weight is 839 g/mol. The standard InChI is InChI=1S/C48H88NO8P/c1-6-8-10-12-14-16-18-20-22-24-26-28-30-32-34-36-38-40-47(50)54-44-46(45-56-58(52,53)55-43-42-49(3,4)5)57-48(51)41-39-37-35-33-31-29-27-25-23-21-19-17-15-13-11-9-7-2/h14-17,20-23,46H,6-13,18-19,24-45H2,1-5H3/p+1/b16-14-,17-15-,22-20-,23-21-. The predicted octanol–water partition coefficient (Wildman–Crippen LogP) is 13.5. The Hall–Kier alpha value is -2.03. The number of carbonyl (C=O) groups excluding carboxylic acids is 2. The molecular weight excluding hydrogens is 750 g/mol. The van der Waals surface area contributed by atoms with Crippen LogP contribution in [-0.2, 0) is 32.7 Å². The van der Waals surface area contributed by atoms with Crippen LogP contribution in [0.25, 0.3) is 0 Å². The summed E-state index contributed by atoms with van der Waals surface area (Å²) in [7, 11) is 1.46. The molecule has 0 aromatic rings. The molecule has 58 heavy (non-hydrogen) atoms. The van der Waals surface area contributed by atoms with E-state index in [1.807, 2.05) is 21.1 Å². The lowest BCUT2D eigenvalue weighted by atomic mass is 10.1. The van der Waals surface area contributed by atoms with Crippen LogP contribution in [-0.4, -0.2) is 74.9 Å². The van der Waals surface area contributed by atoms with Crippen LogP contribution in [0.2, 0.25) is 0 Å². The number of rotatable bonds is 42. The molecule has 0 rings (SSSR count). The zero-order valence-electron chi connectivity index (χ0n) is 38.0. The zero-order chi connectivity index (χ0) is 42.8. The first-order chi connectivity index (χ1) is 28.0. The van der Waals surface area contributed by atoms with Crippen LogP contribution in [0, 0.1) is 0 Å². The first kappa shape index (κ1) is 56.0. The van der Waals surface area contributed by atoms with Crippen LogP contribution in [0.1, 0.15) is 194 Å². The van der Waals surface area contributed by atoms with Crippen molar-refractivity contribution in [3.05, 3.63) is 48.6 Å². The predicted molar refractivity (Wildman–Crippen MR) is 243 cm³/mol. The largest absolute Gasteiger partial charge is 0.472 e. The number of likely N-dealkylation sites (N-methyl/N-ethyl adjacent to an activating group) is 1. The highest BCUT2D eigenvalue weighted by molar-refractivity contribution is 7.47. The van der Waals surface area contributed by atoms with E-state index in [0.717, 1.165) is 70.6 Å². The molecule has 0 aromatic heterocycles. The van der Waals surface area contributed by atoms with Gasteiger partial charge in [-0.15, -0.1) is 0 Å². The van der Waals surface area contributed by atoms with Gasteiger partial charge in [-0.25, -0.2) is 4.57 Å². The number of carbonyl (C=O) groups is 2. The molecule has 338 valence electrons. The highest BCUT2D eigenvalue weighted by Crippen LogP contribution is 2.43. The third-order valence-corrected chi connectivity index (χ3v) is 10.8. The van der Waals surface area contributed by atoms with Crippen LogP contribution < -0.4 is 0 Å². The third kappa shape index (κ3) is 43.5. The molecule has 0 fully saturated rings. The third-order valence-electron chi connectivity index (χ3n) is 9.83. The van der Waals surface area contributed by atoms with Crippen molar-refractivity contribution in [2.24, 2.45) is 0 Å². The van der Waals surface area contributed by atoms with E-state index in [0.29, 0.717) is 17.4 Å². The monoisotopic (exact) mass is 839 g/mol. The summed E-state index contributed by atoms with van der Waals surface area (Å²) in [6.07, 6.45) is 47.2. The SMILES string of the molecule is CCCCC/C=C\C/C=C\CCCCCCCCCC(=O)OCC(COP(=O)(O)OCC[N+](C)(C)C)OC(=O)CCCCCCCCC/C=C\C/C=C\CCCCC. The lowest BCUT2D eigenvalue weighted by Crippen LogP contribution is -2.37. The molecule has 2 unspecified atom stereocenters. The molecule has 0 aliphatic heterocycles. The summed E-state index contributed by atoms with van der Waals surface area (Å²) in [6.45, 7) is 4.36. The normalized spacial score (nSPS) is 14.0. The van der Waals surface area contributed by atoms with E-state index in [1.165, 1.54) is 89.9 Å².